The molecule has 0 bridgehead atoms. The molecule has 2 rings (SSSR count). The monoisotopic (exact) mass is 314 g/mol. The van der Waals surface area contributed by atoms with Crippen molar-refractivity contribution >= 4 is 21.8 Å². The summed E-state index contributed by atoms with van der Waals surface area (Å²) in [4.78, 5) is 13.9. The van der Waals surface area contributed by atoms with Gasteiger partial charge in [-0.15, -0.1) is 0 Å². The number of carbonyl (C=O) groups excluding carboxylic acids is 1. The van der Waals surface area contributed by atoms with Crippen LogP contribution in [0.4, 0.5) is 4.39 Å². The maximum atomic E-state index is 13.7. The number of amides is 1. The number of nitrogens with two attached hydrogens (primary N) is 1. The third-order valence-electron chi connectivity index (χ3n) is 3.14. The van der Waals surface area contributed by atoms with Gasteiger partial charge in [-0.3, -0.25) is 4.79 Å². The van der Waals surface area contributed by atoms with Crippen LogP contribution in [-0.4, -0.2) is 29.9 Å². The third-order valence-corrected chi connectivity index (χ3v) is 3.63. The predicted molar refractivity (Wildman–Crippen MR) is 71.8 cm³/mol. The molecule has 1 aromatic carbocycles. The Bertz CT molecular complexity index is 456. The Kier molecular flexibility index (Phi) is 4.02. The molecule has 2 atom stereocenters. The van der Waals surface area contributed by atoms with E-state index >= 15 is 0 Å². The van der Waals surface area contributed by atoms with Gasteiger partial charge in [-0.1, -0.05) is 22.9 Å². The summed E-state index contributed by atoms with van der Waals surface area (Å²) in [6, 6.07) is 4.47. The molecule has 0 aliphatic carbocycles. The minimum Gasteiger partial charge on any atom is -0.337 e. The smallest absolute Gasteiger partial charge is 0.256 e. The van der Waals surface area contributed by atoms with Gasteiger partial charge >= 0.3 is 0 Å². The molecule has 98 valence electrons. The Morgan fingerprint density at radius 3 is 2.83 bits per heavy atom. The van der Waals surface area contributed by atoms with Gasteiger partial charge in [-0.25, -0.2) is 4.39 Å². The molecule has 0 saturated carbocycles. The molecular weight excluding hydrogens is 299 g/mol. The lowest BCUT2D eigenvalue weighted by molar-refractivity contribution is 0.0656. The first-order valence-electron chi connectivity index (χ1n) is 5.97. The van der Waals surface area contributed by atoms with Crippen molar-refractivity contribution in [1.29, 1.82) is 0 Å². The molecule has 5 heteroatoms. The number of rotatable bonds is 1. The number of likely N-dealkylation sites (tertiary alicyclic amines) is 1. The van der Waals surface area contributed by atoms with Crippen LogP contribution in [0.2, 0.25) is 0 Å². The van der Waals surface area contributed by atoms with E-state index in [1.807, 2.05) is 0 Å². The molecule has 1 aliphatic rings. The zero-order chi connectivity index (χ0) is 13.3. The molecule has 3 nitrogen and oxygen atoms in total. The van der Waals surface area contributed by atoms with E-state index in [1.54, 1.807) is 11.0 Å². The van der Waals surface area contributed by atoms with Gasteiger partial charge in [0.15, 0.2) is 0 Å². The number of hydrogen-bond donors (Lipinski definition) is 1. The molecule has 1 amide bonds. The average Bonchev–Trinajstić information content (AvgIpc) is 2.26. The fraction of sp³-hybridized carbons (Fsp3) is 0.462. The minimum absolute atomic E-state index is 0.0174. The standard InChI is InChI=1S/C13H16BrFN2O/c1-8-4-10(16)7-17(6-8)13(18)11-3-2-9(14)5-12(11)15/h2-3,5,8,10H,4,6-7,16H2,1H3. The first-order valence-corrected chi connectivity index (χ1v) is 6.76. The van der Waals surface area contributed by atoms with Gasteiger partial charge in [0.1, 0.15) is 5.82 Å². The van der Waals surface area contributed by atoms with Crippen molar-refractivity contribution in [2.24, 2.45) is 11.7 Å². The van der Waals surface area contributed by atoms with Crippen molar-refractivity contribution in [1.82, 2.24) is 4.90 Å². The van der Waals surface area contributed by atoms with Crippen molar-refractivity contribution in [3.05, 3.63) is 34.1 Å². The molecule has 1 aromatic rings. The Morgan fingerprint density at radius 2 is 2.22 bits per heavy atom. The molecule has 2 N–H and O–H groups in total. The van der Waals surface area contributed by atoms with Crippen LogP contribution in [0, 0.1) is 11.7 Å². The summed E-state index contributed by atoms with van der Waals surface area (Å²) in [5.41, 5.74) is 6.01. The zero-order valence-electron chi connectivity index (χ0n) is 10.2. The van der Waals surface area contributed by atoms with Gasteiger partial charge < -0.3 is 10.6 Å². The van der Waals surface area contributed by atoms with E-state index < -0.39 is 5.82 Å². The number of hydrogen-bond acceptors (Lipinski definition) is 2. The first kappa shape index (κ1) is 13.5. The van der Waals surface area contributed by atoms with E-state index in [-0.39, 0.29) is 17.5 Å². The molecule has 1 saturated heterocycles. The molecule has 1 fully saturated rings. The van der Waals surface area contributed by atoms with Crippen molar-refractivity contribution in [3.8, 4) is 0 Å². The normalized spacial score (nSPS) is 24.1. The third kappa shape index (κ3) is 2.90. The minimum atomic E-state index is -0.499. The highest BCUT2D eigenvalue weighted by Gasteiger charge is 2.27. The Hall–Kier alpha value is -0.940. The second kappa shape index (κ2) is 5.36. The van der Waals surface area contributed by atoms with Crippen LogP contribution in [0.3, 0.4) is 0 Å². The van der Waals surface area contributed by atoms with E-state index in [0.29, 0.717) is 23.5 Å². The molecule has 0 spiro atoms. The summed E-state index contributed by atoms with van der Waals surface area (Å²) >= 11 is 3.18. The van der Waals surface area contributed by atoms with E-state index in [2.05, 4.69) is 22.9 Å². The fourth-order valence-corrected chi connectivity index (χ4v) is 2.73. The lowest BCUT2D eigenvalue weighted by atomic mass is 9.96. The van der Waals surface area contributed by atoms with Gasteiger partial charge in [0.05, 0.1) is 5.56 Å². The summed E-state index contributed by atoms with van der Waals surface area (Å²) in [6.45, 7) is 3.19. The lowest BCUT2D eigenvalue weighted by Crippen LogP contribution is -2.49. The maximum absolute atomic E-state index is 13.7. The topological polar surface area (TPSA) is 46.3 Å². The summed E-state index contributed by atoms with van der Waals surface area (Å²) in [5, 5.41) is 0. The highest BCUT2D eigenvalue weighted by Crippen LogP contribution is 2.20. The maximum Gasteiger partial charge on any atom is 0.256 e. The zero-order valence-corrected chi connectivity index (χ0v) is 11.8. The Morgan fingerprint density at radius 1 is 1.50 bits per heavy atom. The molecule has 1 aliphatic heterocycles. The quantitative estimate of drug-likeness (QED) is 0.865. The molecular formula is C13H16BrFN2O. The summed E-state index contributed by atoms with van der Waals surface area (Å²) in [6.07, 6.45) is 0.909. The number of piperidine rings is 1. The summed E-state index contributed by atoms with van der Waals surface area (Å²) < 4.78 is 14.4. The number of nitrogens with zero attached hydrogens (tertiary/aromatic N) is 1. The number of benzene rings is 1. The number of carbonyl (C=O) groups is 1. The van der Waals surface area contributed by atoms with E-state index in [1.165, 1.54) is 12.1 Å². The fourth-order valence-electron chi connectivity index (χ4n) is 2.40. The Labute approximate surface area is 114 Å². The van der Waals surface area contributed by atoms with Crippen molar-refractivity contribution in [3.63, 3.8) is 0 Å². The van der Waals surface area contributed by atoms with Gasteiger partial charge in [0.25, 0.3) is 5.91 Å². The molecule has 0 aromatic heterocycles. The highest BCUT2D eigenvalue weighted by atomic mass is 79.9. The Balaban J connectivity index is 2.20. The molecule has 2 unspecified atom stereocenters. The van der Waals surface area contributed by atoms with Crippen LogP contribution < -0.4 is 5.73 Å². The van der Waals surface area contributed by atoms with Crippen LogP contribution in [0.15, 0.2) is 22.7 Å². The largest absolute Gasteiger partial charge is 0.337 e. The second-order valence-electron chi connectivity index (χ2n) is 4.94. The number of halogens is 2. The highest BCUT2D eigenvalue weighted by molar-refractivity contribution is 9.10. The van der Waals surface area contributed by atoms with Gasteiger partial charge in [-0.05, 0) is 30.5 Å². The van der Waals surface area contributed by atoms with E-state index in [0.717, 1.165) is 6.42 Å². The van der Waals surface area contributed by atoms with Gasteiger partial charge in [0.2, 0.25) is 0 Å². The van der Waals surface area contributed by atoms with Crippen LogP contribution in [0.5, 0.6) is 0 Å². The van der Waals surface area contributed by atoms with Crippen LogP contribution in [0.25, 0.3) is 0 Å². The molecule has 18 heavy (non-hydrogen) atoms. The first-order chi connectivity index (χ1) is 8.47. The average molecular weight is 315 g/mol. The van der Waals surface area contributed by atoms with E-state index in [9.17, 15) is 9.18 Å². The molecule has 0 radical (unpaired) electrons. The van der Waals surface area contributed by atoms with Crippen LogP contribution >= 0.6 is 15.9 Å². The second-order valence-corrected chi connectivity index (χ2v) is 5.85. The van der Waals surface area contributed by atoms with Crippen molar-refractivity contribution < 1.29 is 9.18 Å². The van der Waals surface area contributed by atoms with Crippen LogP contribution in [0.1, 0.15) is 23.7 Å². The summed E-state index contributed by atoms with van der Waals surface area (Å²) in [5.74, 6) is -0.417. The summed E-state index contributed by atoms with van der Waals surface area (Å²) in [7, 11) is 0. The van der Waals surface area contributed by atoms with Crippen LogP contribution in [-0.2, 0) is 0 Å². The van der Waals surface area contributed by atoms with Crippen molar-refractivity contribution in [2.75, 3.05) is 13.1 Å². The van der Waals surface area contributed by atoms with Gasteiger partial charge in [-0.2, -0.15) is 0 Å². The lowest BCUT2D eigenvalue weighted by Gasteiger charge is -2.34. The predicted octanol–water partition coefficient (Wildman–Crippen LogP) is 2.40. The van der Waals surface area contributed by atoms with Gasteiger partial charge in [0, 0.05) is 23.6 Å². The molecule has 1 heterocycles. The van der Waals surface area contributed by atoms with Crippen molar-refractivity contribution in [2.45, 2.75) is 19.4 Å². The SMILES string of the molecule is CC1CC(N)CN(C(=O)c2ccc(Br)cc2F)C1. The van der Waals surface area contributed by atoms with E-state index in [4.69, 9.17) is 5.73 Å².